The summed E-state index contributed by atoms with van der Waals surface area (Å²) in [5.74, 6) is 0.0272. The van der Waals surface area contributed by atoms with Crippen LogP contribution in [0.2, 0.25) is 0 Å². The monoisotopic (exact) mass is 370 g/mol. The normalized spacial score (nSPS) is 11.7. The van der Waals surface area contributed by atoms with Gasteiger partial charge in [0.2, 0.25) is 11.8 Å². The highest BCUT2D eigenvalue weighted by Gasteiger charge is 2.16. The molecule has 2 rings (SSSR count). The minimum absolute atomic E-state index is 0.0964. The third-order valence-corrected chi connectivity index (χ3v) is 5.41. The highest BCUT2D eigenvalue weighted by Crippen LogP contribution is 2.19. The molecule has 0 heterocycles. The maximum absolute atomic E-state index is 12.3. The van der Waals surface area contributed by atoms with E-state index in [9.17, 15) is 9.59 Å². The molecule has 0 saturated heterocycles. The fourth-order valence-electron chi connectivity index (χ4n) is 2.48. The fourth-order valence-corrected chi connectivity index (χ4v) is 3.16. The fraction of sp³-hybridized carbons (Fsp3) is 0.333. The first-order valence-electron chi connectivity index (χ1n) is 8.63. The molecule has 5 heteroatoms. The van der Waals surface area contributed by atoms with Crippen molar-refractivity contribution in [1.29, 1.82) is 0 Å². The Hall–Kier alpha value is -2.27. The first-order valence-corrected chi connectivity index (χ1v) is 9.68. The highest BCUT2D eigenvalue weighted by atomic mass is 32.2. The number of amides is 2. The number of carbonyl (C=O) groups excluding carboxylic acids is 2. The van der Waals surface area contributed by atoms with Crippen molar-refractivity contribution in [3.8, 4) is 0 Å². The van der Waals surface area contributed by atoms with Crippen molar-refractivity contribution in [2.45, 2.75) is 39.9 Å². The molecule has 4 nitrogen and oxygen atoms in total. The quantitative estimate of drug-likeness (QED) is 0.780. The van der Waals surface area contributed by atoms with Crippen LogP contribution in [0.25, 0.3) is 0 Å². The van der Waals surface area contributed by atoms with E-state index in [0.29, 0.717) is 0 Å². The number of anilines is 2. The molecule has 0 aromatic heterocycles. The van der Waals surface area contributed by atoms with Crippen molar-refractivity contribution < 1.29 is 9.59 Å². The van der Waals surface area contributed by atoms with E-state index in [4.69, 9.17) is 0 Å². The maximum atomic E-state index is 12.3. The zero-order valence-electron chi connectivity index (χ0n) is 16.0. The summed E-state index contributed by atoms with van der Waals surface area (Å²) >= 11 is 1.32. The molecule has 0 aliphatic rings. The van der Waals surface area contributed by atoms with Crippen LogP contribution in [0.5, 0.6) is 0 Å². The molecule has 0 radical (unpaired) electrons. The van der Waals surface area contributed by atoms with E-state index in [2.05, 4.69) is 10.6 Å². The van der Waals surface area contributed by atoms with Gasteiger partial charge in [-0.1, -0.05) is 23.8 Å². The number of rotatable bonds is 6. The third kappa shape index (κ3) is 5.63. The molecule has 138 valence electrons. The number of nitrogens with one attached hydrogen (secondary N) is 2. The summed E-state index contributed by atoms with van der Waals surface area (Å²) in [6, 6.07) is 11.7. The van der Waals surface area contributed by atoms with Crippen LogP contribution in [0, 0.1) is 27.7 Å². The van der Waals surface area contributed by atoms with Crippen LogP contribution in [-0.2, 0) is 9.59 Å². The van der Waals surface area contributed by atoms with Crippen LogP contribution in [0.15, 0.2) is 36.4 Å². The van der Waals surface area contributed by atoms with Gasteiger partial charge in [-0.05, 0) is 69.5 Å². The van der Waals surface area contributed by atoms with Crippen molar-refractivity contribution >= 4 is 35.0 Å². The summed E-state index contributed by atoms with van der Waals surface area (Å²) in [5.41, 5.74) is 6.11. The lowest BCUT2D eigenvalue weighted by molar-refractivity contribution is -0.115. The second kappa shape index (κ2) is 8.90. The average Bonchev–Trinajstić information content (AvgIpc) is 2.58. The Balaban J connectivity index is 1.84. The number of thioether (sulfide) groups is 1. The number of aryl methyl sites for hydroxylation is 4. The molecular weight excluding hydrogens is 344 g/mol. The molecule has 0 spiro atoms. The van der Waals surface area contributed by atoms with E-state index in [1.54, 1.807) is 0 Å². The molecule has 1 unspecified atom stereocenters. The smallest absolute Gasteiger partial charge is 0.237 e. The molecular formula is C21H26N2O2S. The second-order valence-corrected chi connectivity index (χ2v) is 7.94. The topological polar surface area (TPSA) is 58.2 Å². The van der Waals surface area contributed by atoms with Gasteiger partial charge in [0, 0.05) is 11.4 Å². The van der Waals surface area contributed by atoms with Crippen LogP contribution in [0.1, 0.15) is 29.2 Å². The first kappa shape index (κ1) is 20.0. The van der Waals surface area contributed by atoms with Crippen LogP contribution >= 0.6 is 11.8 Å². The maximum Gasteiger partial charge on any atom is 0.237 e. The molecule has 0 fully saturated rings. The lowest BCUT2D eigenvalue weighted by Crippen LogP contribution is -2.25. The summed E-state index contributed by atoms with van der Waals surface area (Å²) in [4.78, 5) is 24.5. The van der Waals surface area contributed by atoms with Gasteiger partial charge in [-0.3, -0.25) is 9.59 Å². The van der Waals surface area contributed by atoms with Gasteiger partial charge in [0.1, 0.15) is 0 Å². The van der Waals surface area contributed by atoms with Crippen molar-refractivity contribution in [3.05, 3.63) is 58.7 Å². The summed E-state index contributed by atoms with van der Waals surface area (Å²) in [6.45, 7) is 9.85. The summed E-state index contributed by atoms with van der Waals surface area (Å²) < 4.78 is 0. The van der Waals surface area contributed by atoms with Gasteiger partial charge in [-0.2, -0.15) is 0 Å². The molecule has 2 amide bonds. The Morgan fingerprint density at radius 1 is 0.923 bits per heavy atom. The van der Waals surface area contributed by atoms with E-state index in [1.165, 1.54) is 17.3 Å². The Morgan fingerprint density at radius 2 is 1.65 bits per heavy atom. The van der Waals surface area contributed by atoms with Gasteiger partial charge in [-0.15, -0.1) is 11.8 Å². The van der Waals surface area contributed by atoms with E-state index < -0.39 is 0 Å². The van der Waals surface area contributed by atoms with Crippen LogP contribution in [-0.4, -0.2) is 22.8 Å². The SMILES string of the molecule is Cc1ccc(NC(=O)C(C)SCC(=O)Nc2ccc(C)c(C)c2)c(C)c1. The zero-order valence-corrected chi connectivity index (χ0v) is 16.8. The van der Waals surface area contributed by atoms with E-state index >= 15 is 0 Å². The lowest BCUT2D eigenvalue weighted by Gasteiger charge is -2.14. The van der Waals surface area contributed by atoms with E-state index in [1.807, 2.05) is 71.0 Å². The molecule has 1 atom stereocenters. The van der Waals surface area contributed by atoms with Gasteiger partial charge in [0.05, 0.1) is 11.0 Å². The largest absolute Gasteiger partial charge is 0.325 e. The number of carbonyl (C=O) groups is 2. The third-order valence-electron chi connectivity index (χ3n) is 4.26. The van der Waals surface area contributed by atoms with Crippen molar-refractivity contribution in [1.82, 2.24) is 0 Å². The van der Waals surface area contributed by atoms with Gasteiger partial charge in [0.25, 0.3) is 0 Å². The Morgan fingerprint density at radius 3 is 2.31 bits per heavy atom. The number of hydrogen-bond acceptors (Lipinski definition) is 3. The highest BCUT2D eigenvalue weighted by molar-refractivity contribution is 8.01. The Kier molecular flexibility index (Phi) is 6.86. The van der Waals surface area contributed by atoms with E-state index in [-0.39, 0.29) is 22.8 Å². The molecule has 0 aliphatic carbocycles. The standard InChI is InChI=1S/C21H26N2O2S/c1-13-6-9-19(16(4)10-13)23-21(25)17(5)26-12-20(24)22-18-8-7-14(2)15(3)11-18/h6-11,17H,12H2,1-5H3,(H,22,24)(H,23,25). The molecule has 2 aromatic carbocycles. The number of hydrogen-bond donors (Lipinski definition) is 2. The predicted molar refractivity (Wildman–Crippen MR) is 111 cm³/mol. The zero-order chi connectivity index (χ0) is 19.3. The average molecular weight is 371 g/mol. The molecule has 2 aromatic rings. The van der Waals surface area contributed by atoms with Crippen LogP contribution in [0.3, 0.4) is 0 Å². The van der Waals surface area contributed by atoms with Crippen molar-refractivity contribution in [2.75, 3.05) is 16.4 Å². The van der Waals surface area contributed by atoms with E-state index in [0.717, 1.165) is 28.1 Å². The molecule has 0 bridgehead atoms. The Labute approximate surface area is 159 Å². The molecule has 0 saturated carbocycles. The Bertz CT molecular complexity index is 818. The minimum Gasteiger partial charge on any atom is -0.325 e. The molecule has 26 heavy (non-hydrogen) atoms. The van der Waals surface area contributed by atoms with Gasteiger partial charge < -0.3 is 10.6 Å². The summed E-state index contributed by atoms with van der Waals surface area (Å²) in [6.07, 6.45) is 0. The van der Waals surface area contributed by atoms with Crippen LogP contribution in [0.4, 0.5) is 11.4 Å². The predicted octanol–water partition coefficient (Wildman–Crippen LogP) is 4.62. The van der Waals surface area contributed by atoms with Crippen molar-refractivity contribution in [2.24, 2.45) is 0 Å². The van der Waals surface area contributed by atoms with Gasteiger partial charge >= 0.3 is 0 Å². The lowest BCUT2D eigenvalue weighted by atomic mass is 10.1. The van der Waals surface area contributed by atoms with Gasteiger partial charge in [0.15, 0.2) is 0 Å². The molecule has 0 aliphatic heterocycles. The summed E-state index contributed by atoms with van der Waals surface area (Å²) in [7, 11) is 0. The minimum atomic E-state index is -0.318. The van der Waals surface area contributed by atoms with Crippen LogP contribution < -0.4 is 10.6 Å². The first-order chi connectivity index (χ1) is 12.3. The van der Waals surface area contributed by atoms with Gasteiger partial charge in [-0.25, -0.2) is 0 Å². The van der Waals surface area contributed by atoms with Crippen molar-refractivity contribution in [3.63, 3.8) is 0 Å². The second-order valence-electron chi connectivity index (χ2n) is 6.61. The summed E-state index contributed by atoms with van der Waals surface area (Å²) in [5, 5.41) is 5.49. The number of benzene rings is 2. The molecule has 2 N–H and O–H groups in total.